The summed E-state index contributed by atoms with van der Waals surface area (Å²) in [4.78, 5) is 27.5. The molecule has 5 rings (SSSR count). The van der Waals surface area contributed by atoms with Gasteiger partial charge in [-0.1, -0.05) is 0 Å². The van der Waals surface area contributed by atoms with Gasteiger partial charge in [-0.25, -0.2) is 9.97 Å². The lowest BCUT2D eigenvalue weighted by molar-refractivity contribution is -0.274. The number of aromatic amines is 1. The number of halogens is 3. The molecule has 0 radical (unpaired) electrons. The normalized spacial score (nSPS) is 20.8. The number of likely N-dealkylation sites (tertiary alicyclic amines) is 1. The van der Waals surface area contributed by atoms with Crippen LogP contribution in [0.4, 0.5) is 18.9 Å². The molecule has 2 aliphatic heterocycles. The number of carbonyl (C=O) groups excluding carboxylic acids is 1. The third kappa shape index (κ3) is 5.51. The number of anilines is 1. The summed E-state index contributed by atoms with van der Waals surface area (Å²) in [6.07, 6.45) is 0.363. The molecule has 11 heteroatoms. The number of pyridine rings is 1. The first-order valence-corrected chi connectivity index (χ1v) is 12.4. The van der Waals surface area contributed by atoms with Crippen LogP contribution in [0.1, 0.15) is 73.1 Å². The van der Waals surface area contributed by atoms with E-state index in [1.807, 2.05) is 6.07 Å². The van der Waals surface area contributed by atoms with Crippen LogP contribution in [0.15, 0.2) is 30.5 Å². The summed E-state index contributed by atoms with van der Waals surface area (Å²) < 4.78 is 47.3. The zero-order chi connectivity index (χ0) is 26.4. The highest BCUT2D eigenvalue weighted by Crippen LogP contribution is 2.36. The Morgan fingerprint density at radius 3 is 2.59 bits per heavy atom. The van der Waals surface area contributed by atoms with Crippen molar-refractivity contribution in [2.45, 2.75) is 63.3 Å². The van der Waals surface area contributed by atoms with Crippen LogP contribution in [-0.4, -0.2) is 57.4 Å². The van der Waals surface area contributed by atoms with Crippen molar-refractivity contribution >= 4 is 22.8 Å². The first-order chi connectivity index (χ1) is 17.5. The van der Waals surface area contributed by atoms with Crippen LogP contribution in [0.3, 0.4) is 0 Å². The van der Waals surface area contributed by atoms with Crippen LogP contribution < -0.4 is 10.5 Å². The number of alkyl halides is 3. The van der Waals surface area contributed by atoms with Crippen molar-refractivity contribution in [2.24, 2.45) is 0 Å². The fourth-order valence-corrected chi connectivity index (χ4v) is 5.19. The van der Waals surface area contributed by atoms with Crippen molar-refractivity contribution < 1.29 is 27.4 Å². The molecule has 2 aliphatic rings. The van der Waals surface area contributed by atoms with E-state index in [0.29, 0.717) is 19.7 Å². The molecule has 3 aromatic rings. The summed E-state index contributed by atoms with van der Waals surface area (Å²) in [6.45, 7) is 5.82. The summed E-state index contributed by atoms with van der Waals surface area (Å²) in [5.41, 5.74) is 8.60. The summed E-state index contributed by atoms with van der Waals surface area (Å²) >= 11 is 0. The Labute approximate surface area is 212 Å². The number of rotatable bonds is 4. The number of benzene rings is 1. The van der Waals surface area contributed by atoms with Gasteiger partial charge in [-0.3, -0.25) is 4.79 Å². The van der Waals surface area contributed by atoms with Crippen LogP contribution in [-0.2, 0) is 4.74 Å². The van der Waals surface area contributed by atoms with Crippen LogP contribution >= 0.6 is 0 Å². The molecule has 198 valence electrons. The van der Waals surface area contributed by atoms with Gasteiger partial charge >= 0.3 is 6.36 Å². The molecule has 0 saturated carbocycles. The number of nitrogens with one attached hydrogen (secondary N) is 1. The molecular weight excluding hydrogens is 487 g/mol. The van der Waals surface area contributed by atoms with Crippen LogP contribution in [0.5, 0.6) is 5.75 Å². The van der Waals surface area contributed by atoms with E-state index >= 15 is 0 Å². The summed E-state index contributed by atoms with van der Waals surface area (Å²) in [7, 11) is 0. The Bertz CT molecular complexity index is 1290. The monoisotopic (exact) mass is 517 g/mol. The van der Waals surface area contributed by atoms with E-state index in [-0.39, 0.29) is 34.6 Å². The predicted octanol–water partition coefficient (Wildman–Crippen LogP) is 5.13. The van der Waals surface area contributed by atoms with Crippen molar-refractivity contribution in [3.63, 3.8) is 0 Å². The molecule has 37 heavy (non-hydrogen) atoms. The highest BCUT2D eigenvalue weighted by molar-refractivity contribution is 5.99. The first kappa shape index (κ1) is 25.3. The molecule has 1 aromatic carbocycles. The van der Waals surface area contributed by atoms with Gasteiger partial charge in [0.1, 0.15) is 17.1 Å². The van der Waals surface area contributed by atoms with Gasteiger partial charge in [-0.2, -0.15) is 0 Å². The standard InChI is InChI=1S/C26H30F3N5O3/c1-25(2)9-5-16(14-36-25)22-32-21-18(6-10-31-23(21)33-22)15-7-11-34(12-8-15)24(35)19-4-3-17(13-20(19)30)37-26(27,28)29/h3-4,6,10,13,15-16H,5,7-9,11-12,14,30H2,1-2H3,(H,31,32,33). The van der Waals surface area contributed by atoms with E-state index in [1.165, 1.54) is 6.07 Å². The third-order valence-corrected chi connectivity index (χ3v) is 7.30. The van der Waals surface area contributed by atoms with E-state index in [1.54, 1.807) is 11.1 Å². The van der Waals surface area contributed by atoms with Gasteiger partial charge in [-0.05, 0) is 69.2 Å². The van der Waals surface area contributed by atoms with Gasteiger partial charge in [0.2, 0.25) is 0 Å². The number of nitrogen functional groups attached to an aromatic ring is 1. The van der Waals surface area contributed by atoms with Gasteiger partial charge < -0.3 is 25.1 Å². The van der Waals surface area contributed by atoms with E-state index in [9.17, 15) is 18.0 Å². The second-order valence-corrected chi connectivity index (χ2v) is 10.4. The zero-order valence-corrected chi connectivity index (χ0v) is 20.8. The van der Waals surface area contributed by atoms with E-state index in [4.69, 9.17) is 15.5 Å². The zero-order valence-electron chi connectivity index (χ0n) is 20.8. The first-order valence-electron chi connectivity index (χ1n) is 12.4. The SMILES string of the molecule is CC1(C)CCC(c2nc3c(C4CCN(C(=O)c5ccc(OC(F)(F)F)cc5N)CC4)ccnc3[nH]2)CO1. The van der Waals surface area contributed by atoms with Crippen molar-refractivity contribution in [3.05, 3.63) is 47.4 Å². The Kier molecular flexibility index (Phi) is 6.51. The largest absolute Gasteiger partial charge is 0.573 e. The molecule has 2 saturated heterocycles. The molecule has 0 bridgehead atoms. The molecule has 1 unspecified atom stereocenters. The Morgan fingerprint density at radius 2 is 1.95 bits per heavy atom. The van der Waals surface area contributed by atoms with Crippen LogP contribution in [0.2, 0.25) is 0 Å². The number of amides is 1. The number of H-pyrrole nitrogens is 1. The van der Waals surface area contributed by atoms with Gasteiger partial charge in [-0.15, -0.1) is 13.2 Å². The Balaban J connectivity index is 1.26. The van der Waals surface area contributed by atoms with E-state index < -0.39 is 12.1 Å². The molecule has 0 spiro atoms. The minimum atomic E-state index is -4.82. The number of nitrogens with two attached hydrogens (primary N) is 1. The van der Waals surface area contributed by atoms with Gasteiger partial charge in [0.25, 0.3) is 5.91 Å². The number of piperidine rings is 1. The molecule has 2 aromatic heterocycles. The smallest absolute Gasteiger partial charge is 0.406 e. The number of ether oxygens (including phenoxy) is 2. The fraction of sp³-hybridized carbons (Fsp3) is 0.500. The molecule has 0 aliphatic carbocycles. The Morgan fingerprint density at radius 1 is 1.19 bits per heavy atom. The maximum atomic E-state index is 13.0. The molecule has 2 fully saturated rings. The molecule has 4 heterocycles. The van der Waals surface area contributed by atoms with Crippen molar-refractivity contribution in [1.82, 2.24) is 19.9 Å². The predicted molar refractivity (Wildman–Crippen MR) is 131 cm³/mol. The molecule has 3 N–H and O–H groups in total. The number of carbonyl (C=O) groups is 1. The minimum absolute atomic E-state index is 0.0520. The van der Waals surface area contributed by atoms with E-state index in [0.717, 1.165) is 60.4 Å². The lowest BCUT2D eigenvalue weighted by Crippen LogP contribution is -2.38. The highest BCUT2D eigenvalue weighted by Gasteiger charge is 2.33. The van der Waals surface area contributed by atoms with Crippen molar-refractivity contribution in [2.75, 3.05) is 25.4 Å². The number of imidazole rings is 1. The maximum Gasteiger partial charge on any atom is 0.573 e. The Hall–Kier alpha value is -3.34. The van der Waals surface area contributed by atoms with Crippen molar-refractivity contribution in [1.29, 1.82) is 0 Å². The number of hydrogen-bond acceptors (Lipinski definition) is 6. The minimum Gasteiger partial charge on any atom is -0.406 e. The number of fused-ring (bicyclic) bond motifs is 1. The van der Waals surface area contributed by atoms with Crippen LogP contribution in [0.25, 0.3) is 11.2 Å². The van der Waals surface area contributed by atoms with Gasteiger partial charge in [0, 0.05) is 37.0 Å². The molecule has 1 amide bonds. The summed E-state index contributed by atoms with van der Waals surface area (Å²) in [5, 5.41) is 0. The highest BCUT2D eigenvalue weighted by atomic mass is 19.4. The third-order valence-electron chi connectivity index (χ3n) is 7.30. The van der Waals surface area contributed by atoms with Gasteiger partial charge in [0.05, 0.1) is 17.8 Å². The molecule has 1 atom stereocenters. The lowest BCUT2D eigenvalue weighted by atomic mass is 9.89. The second kappa shape index (κ2) is 9.51. The average Bonchev–Trinajstić information content (AvgIpc) is 3.27. The number of aromatic nitrogens is 3. The maximum absolute atomic E-state index is 13.0. The average molecular weight is 518 g/mol. The molecular formula is C26H30F3N5O3. The molecule has 8 nitrogen and oxygen atoms in total. The lowest BCUT2D eigenvalue weighted by Gasteiger charge is -2.33. The van der Waals surface area contributed by atoms with Crippen LogP contribution in [0, 0.1) is 0 Å². The topological polar surface area (TPSA) is 106 Å². The summed E-state index contributed by atoms with van der Waals surface area (Å²) in [5.74, 6) is 0.534. The number of hydrogen-bond donors (Lipinski definition) is 2. The second-order valence-electron chi connectivity index (χ2n) is 10.4. The number of nitrogens with zero attached hydrogens (tertiary/aromatic N) is 3. The fourth-order valence-electron chi connectivity index (χ4n) is 5.19. The van der Waals surface area contributed by atoms with E-state index in [2.05, 4.69) is 28.6 Å². The van der Waals surface area contributed by atoms with Crippen molar-refractivity contribution in [3.8, 4) is 5.75 Å². The van der Waals surface area contributed by atoms with Gasteiger partial charge in [0.15, 0.2) is 5.65 Å². The quantitative estimate of drug-likeness (QED) is 0.465. The summed E-state index contributed by atoms with van der Waals surface area (Å²) in [6, 6.07) is 5.39.